The summed E-state index contributed by atoms with van der Waals surface area (Å²) in [5.41, 5.74) is 5.91. The zero-order chi connectivity index (χ0) is 17.5. The van der Waals surface area contributed by atoms with Crippen LogP contribution in [0.15, 0.2) is 84.0 Å². The molecule has 0 aliphatic carbocycles. The first kappa shape index (κ1) is 15.2. The van der Waals surface area contributed by atoms with Crippen molar-refractivity contribution in [1.29, 1.82) is 0 Å². The monoisotopic (exact) mass is 340 g/mol. The van der Waals surface area contributed by atoms with E-state index in [1.54, 1.807) is 0 Å². The van der Waals surface area contributed by atoms with Gasteiger partial charge >= 0.3 is 0 Å². The second-order valence-corrected chi connectivity index (χ2v) is 6.93. The van der Waals surface area contributed by atoms with Crippen LogP contribution in [0.4, 0.5) is 0 Å². The summed E-state index contributed by atoms with van der Waals surface area (Å²) in [6.07, 6.45) is 0.700. The van der Waals surface area contributed by atoms with Crippen LogP contribution in [-0.4, -0.2) is 10.7 Å². The lowest BCUT2D eigenvalue weighted by Gasteiger charge is -2.38. The largest absolute Gasteiger partial charge is 0.464 e. The highest BCUT2D eigenvalue weighted by molar-refractivity contribution is 6.02. The topological polar surface area (TPSA) is 24.8 Å². The number of fused-ring (bicyclic) bond motifs is 3. The van der Waals surface area contributed by atoms with Crippen LogP contribution in [0.5, 0.6) is 5.75 Å². The van der Waals surface area contributed by atoms with Gasteiger partial charge in [-0.15, -0.1) is 0 Å². The van der Waals surface area contributed by atoms with Gasteiger partial charge in [-0.2, -0.15) is 5.10 Å². The molecule has 2 heterocycles. The van der Waals surface area contributed by atoms with E-state index in [-0.39, 0.29) is 12.3 Å². The Labute approximate surface area is 153 Å². The zero-order valence-electron chi connectivity index (χ0n) is 14.7. The number of benzene rings is 3. The number of nitrogens with zero attached hydrogens (tertiary/aromatic N) is 2. The average molecular weight is 340 g/mol. The van der Waals surface area contributed by atoms with Crippen molar-refractivity contribution in [3.63, 3.8) is 0 Å². The number of hydrazone groups is 1. The van der Waals surface area contributed by atoms with Gasteiger partial charge in [-0.05, 0) is 18.6 Å². The number of hydrogen-bond donors (Lipinski definition) is 0. The third-order valence-corrected chi connectivity index (χ3v) is 5.17. The second-order valence-electron chi connectivity index (χ2n) is 6.93. The van der Waals surface area contributed by atoms with E-state index in [0.29, 0.717) is 0 Å². The van der Waals surface area contributed by atoms with Crippen molar-refractivity contribution in [2.24, 2.45) is 5.10 Å². The number of rotatable bonds is 2. The van der Waals surface area contributed by atoms with Gasteiger partial charge in [0.2, 0.25) is 6.23 Å². The lowest BCUT2D eigenvalue weighted by Crippen LogP contribution is -2.33. The number of ether oxygens (including phenoxy) is 1. The van der Waals surface area contributed by atoms with Gasteiger partial charge in [-0.3, -0.25) is 0 Å². The first-order valence-corrected chi connectivity index (χ1v) is 9.03. The summed E-state index contributed by atoms with van der Waals surface area (Å²) in [7, 11) is 0. The number of hydrogen-bond acceptors (Lipinski definition) is 3. The Balaban J connectivity index is 1.59. The van der Waals surface area contributed by atoms with E-state index < -0.39 is 0 Å². The summed E-state index contributed by atoms with van der Waals surface area (Å²) in [4.78, 5) is 0. The Hall–Kier alpha value is -3.07. The molecular formula is C23H20N2O. The van der Waals surface area contributed by atoms with Crippen molar-refractivity contribution in [1.82, 2.24) is 5.01 Å². The molecule has 0 fully saturated rings. The molecule has 5 rings (SSSR count). The molecule has 0 unspecified atom stereocenters. The van der Waals surface area contributed by atoms with Crippen LogP contribution in [0.1, 0.15) is 40.9 Å². The summed E-state index contributed by atoms with van der Waals surface area (Å²) in [6, 6.07) is 27.5. The molecule has 128 valence electrons. The maximum atomic E-state index is 6.35. The van der Waals surface area contributed by atoms with Gasteiger partial charge in [0.05, 0.1) is 11.8 Å². The number of para-hydroxylation sites is 1. The molecule has 0 radical (unpaired) electrons. The molecule has 3 aromatic carbocycles. The summed E-state index contributed by atoms with van der Waals surface area (Å²) in [6.45, 7) is 2.11. The molecule has 0 bridgehead atoms. The van der Waals surface area contributed by atoms with Gasteiger partial charge in [-0.25, -0.2) is 5.01 Å². The standard InChI is InChI=1S/C23H20N2O/c1-16-11-13-17(14-12-16)20-15-21-19-9-5-6-10-22(19)26-23(25(21)24-20)18-7-3-2-4-8-18/h2-14,21,23H,15H2,1H3/t21-,23-/m1/s1. The van der Waals surface area contributed by atoms with E-state index in [0.717, 1.165) is 23.4 Å². The fourth-order valence-corrected chi connectivity index (χ4v) is 3.79. The van der Waals surface area contributed by atoms with Crippen molar-refractivity contribution < 1.29 is 4.74 Å². The molecule has 0 spiro atoms. The number of aryl methyl sites for hydroxylation is 1. The van der Waals surface area contributed by atoms with Crippen LogP contribution in [0.3, 0.4) is 0 Å². The maximum absolute atomic E-state index is 6.35. The van der Waals surface area contributed by atoms with Gasteiger partial charge in [0, 0.05) is 17.5 Å². The van der Waals surface area contributed by atoms with Gasteiger partial charge < -0.3 is 4.74 Å². The summed E-state index contributed by atoms with van der Waals surface area (Å²) in [5, 5.41) is 7.12. The fraction of sp³-hybridized carbons (Fsp3) is 0.174. The van der Waals surface area contributed by atoms with Crippen LogP contribution in [-0.2, 0) is 0 Å². The lowest BCUT2D eigenvalue weighted by molar-refractivity contribution is -0.0190. The van der Waals surface area contributed by atoms with Gasteiger partial charge in [0.15, 0.2) is 0 Å². The Morgan fingerprint density at radius 1 is 0.885 bits per heavy atom. The lowest BCUT2D eigenvalue weighted by atomic mass is 9.95. The van der Waals surface area contributed by atoms with E-state index >= 15 is 0 Å². The van der Waals surface area contributed by atoms with E-state index in [4.69, 9.17) is 9.84 Å². The minimum Gasteiger partial charge on any atom is -0.464 e. The Kier molecular flexibility index (Phi) is 3.52. The van der Waals surface area contributed by atoms with E-state index in [2.05, 4.69) is 78.7 Å². The molecule has 2 aliphatic rings. The van der Waals surface area contributed by atoms with Gasteiger partial charge in [-0.1, -0.05) is 78.4 Å². The minimum absolute atomic E-state index is 0.195. The highest BCUT2D eigenvalue weighted by Crippen LogP contribution is 2.47. The van der Waals surface area contributed by atoms with E-state index in [1.807, 2.05) is 12.1 Å². The molecule has 0 N–H and O–H groups in total. The predicted molar refractivity (Wildman–Crippen MR) is 103 cm³/mol. The molecule has 0 saturated carbocycles. The quantitative estimate of drug-likeness (QED) is 0.637. The van der Waals surface area contributed by atoms with Crippen LogP contribution < -0.4 is 4.74 Å². The fourth-order valence-electron chi connectivity index (χ4n) is 3.79. The first-order chi connectivity index (χ1) is 12.8. The Morgan fingerprint density at radius 3 is 2.42 bits per heavy atom. The SMILES string of the molecule is Cc1ccc(C2=NN3[C@H](C2)c2ccccc2O[C@@H]3c2ccccc2)cc1. The molecule has 0 aromatic heterocycles. The molecule has 3 heteroatoms. The smallest absolute Gasteiger partial charge is 0.213 e. The van der Waals surface area contributed by atoms with Crippen LogP contribution in [0.2, 0.25) is 0 Å². The highest BCUT2D eigenvalue weighted by Gasteiger charge is 2.40. The van der Waals surface area contributed by atoms with E-state index in [1.165, 1.54) is 16.7 Å². The van der Waals surface area contributed by atoms with Crippen LogP contribution in [0.25, 0.3) is 0 Å². The van der Waals surface area contributed by atoms with Crippen molar-refractivity contribution >= 4 is 5.71 Å². The predicted octanol–water partition coefficient (Wildman–Crippen LogP) is 5.24. The van der Waals surface area contributed by atoms with Crippen LogP contribution >= 0.6 is 0 Å². The first-order valence-electron chi connectivity index (χ1n) is 9.03. The third-order valence-electron chi connectivity index (χ3n) is 5.17. The summed E-state index contributed by atoms with van der Waals surface area (Å²) < 4.78 is 6.35. The zero-order valence-corrected chi connectivity index (χ0v) is 14.7. The summed E-state index contributed by atoms with van der Waals surface area (Å²) in [5.74, 6) is 0.961. The molecule has 0 amide bonds. The van der Waals surface area contributed by atoms with E-state index in [9.17, 15) is 0 Å². The minimum atomic E-state index is -0.195. The molecule has 3 aromatic rings. The molecular weight excluding hydrogens is 320 g/mol. The average Bonchev–Trinajstić information content (AvgIpc) is 3.14. The van der Waals surface area contributed by atoms with Crippen LogP contribution in [0, 0.1) is 6.92 Å². The molecule has 3 nitrogen and oxygen atoms in total. The van der Waals surface area contributed by atoms with Crippen molar-refractivity contribution in [3.8, 4) is 5.75 Å². The van der Waals surface area contributed by atoms with Crippen molar-refractivity contribution in [2.75, 3.05) is 0 Å². The van der Waals surface area contributed by atoms with Crippen molar-refractivity contribution in [2.45, 2.75) is 25.6 Å². The third kappa shape index (κ3) is 2.48. The Morgan fingerprint density at radius 2 is 1.62 bits per heavy atom. The van der Waals surface area contributed by atoms with Gasteiger partial charge in [0.1, 0.15) is 5.75 Å². The molecule has 2 aliphatic heterocycles. The Bertz CT molecular complexity index is 963. The van der Waals surface area contributed by atoms with Crippen molar-refractivity contribution in [3.05, 3.63) is 101 Å². The molecule has 2 atom stereocenters. The van der Waals surface area contributed by atoms with Gasteiger partial charge in [0.25, 0.3) is 0 Å². The second kappa shape index (κ2) is 6.03. The normalized spacial score (nSPS) is 20.8. The maximum Gasteiger partial charge on any atom is 0.213 e. The summed E-state index contributed by atoms with van der Waals surface area (Å²) >= 11 is 0. The molecule has 26 heavy (non-hydrogen) atoms. The molecule has 0 saturated heterocycles. The highest BCUT2D eigenvalue weighted by atomic mass is 16.5.